The van der Waals surface area contributed by atoms with Crippen LogP contribution in [0.25, 0.3) is 0 Å². The first-order valence-electron chi connectivity index (χ1n) is 11.6. The molecule has 1 fully saturated rings. The van der Waals surface area contributed by atoms with E-state index in [1.54, 1.807) is 19.2 Å². The molecule has 2 aromatic carbocycles. The maximum Gasteiger partial charge on any atom is 0.335 e. The molecule has 32 heavy (non-hydrogen) atoms. The summed E-state index contributed by atoms with van der Waals surface area (Å²) in [6.07, 6.45) is 6.15. The van der Waals surface area contributed by atoms with Gasteiger partial charge >= 0.3 is 5.97 Å². The average Bonchev–Trinajstić information content (AvgIpc) is 3.41. The summed E-state index contributed by atoms with van der Waals surface area (Å²) in [6, 6.07) is 11.3. The Morgan fingerprint density at radius 2 is 1.94 bits per heavy atom. The molecule has 0 radical (unpaired) electrons. The Bertz CT molecular complexity index is 997. The van der Waals surface area contributed by atoms with Gasteiger partial charge in [-0.3, -0.25) is 4.79 Å². The van der Waals surface area contributed by atoms with Crippen molar-refractivity contribution in [3.8, 4) is 5.75 Å². The van der Waals surface area contributed by atoms with Crippen LogP contribution in [-0.4, -0.2) is 37.2 Å². The summed E-state index contributed by atoms with van der Waals surface area (Å²) in [6.45, 7) is 3.94. The van der Waals surface area contributed by atoms with Crippen LogP contribution in [0.3, 0.4) is 0 Å². The smallest absolute Gasteiger partial charge is 0.335 e. The van der Waals surface area contributed by atoms with E-state index in [1.165, 1.54) is 24.1 Å². The molecule has 2 aliphatic rings. The van der Waals surface area contributed by atoms with E-state index < -0.39 is 5.97 Å². The third kappa shape index (κ3) is 4.74. The number of amides is 1. The first-order valence-corrected chi connectivity index (χ1v) is 11.6. The Kier molecular flexibility index (Phi) is 6.68. The van der Waals surface area contributed by atoms with Gasteiger partial charge in [-0.15, -0.1) is 0 Å². The minimum absolute atomic E-state index is 0.102. The van der Waals surface area contributed by atoms with E-state index in [2.05, 4.69) is 29.3 Å². The van der Waals surface area contributed by atoms with Crippen LogP contribution in [0.2, 0.25) is 0 Å². The number of carboxylic acid groups (broad SMARTS) is 1. The van der Waals surface area contributed by atoms with Crippen molar-refractivity contribution in [2.24, 2.45) is 5.92 Å². The molecule has 0 saturated heterocycles. The van der Waals surface area contributed by atoms with Gasteiger partial charge in [0.25, 0.3) is 0 Å². The van der Waals surface area contributed by atoms with Gasteiger partial charge in [-0.1, -0.05) is 18.9 Å². The number of carbonyl (C=O) groups excluding carboxylic acids is 1. The van der Waals surface area contributed by atoms with Crippen molar-refractivity contribution in [3.63, 3.8) is 0 Å². The van der Waals surface area contributed by atoms with Gasteiger partial charge in [-0.05, 0) is 73.6 Å². The normalized spacial score (nSPS) is 17.9. The number of methoxy groups -OCH3 is 1. The molecule has 1 saturated carbocycles. The minimum Gasteiger partial charge on any atom is -0.496 e. The molecular formula is C26H32N2O4. The number of ether oxygens (including phenoxy) is 1. The average molecular weight is 437 g/mol. The Hall–Kier alpha value is -3.02. The fourth-order valence-corrected chi connectivity index (χ4v) is 5.18. The number of nitrogens with one attached hydrogen (secondary N) is 1. The highest BCUT2D eigenvalue weighted by Gasteiger charge is 2.29. The van der Waals surface area contributed by atoms with Crippen LogP contribution >= 0.6 is 0 Å². The minimum atomic E-state index is -0.962. The zero-order valence-corrected chi connectivity index (χ0v) is 18.9. The van der Waals surface area contributed by atoms with Gasteiger partial charge in [-0.25, -0.2) is 4.79 Å². The summed E-state index contributed by atoms with van der Waals surface area (Å²) in [5.74, 6) is 0.499. The molecule has 0 bridgehead atoms. The number of benzene rings is 2. The molecule has 1 unspecified atom stereocenters. The van der Waals surface area contributed by atoms with Crippen LogP contribution in [0.15, 0.2) is 36.4 Å². The molecule has 1 amide bonds. The molecular weight excluding hydrogens is 404 g/mol. The van der Waals surface area contributed by atoms with Crippen LogP contribution in [0.4, 0.5) is 11.4 Å². The third-order valence-electron chi connectivity index (χ3n) is 6.86. The second kappa shape index (κ2) is 9.63. The van der Waals surface area contributed by atoms with Gasteiger partial charge in [0.15, 0.2) is 0 Å². The number of hydrogen-bond acceptors (Lipinski definition) is 4. The lowest BCUT2D eigenvalue weighted by Crippen LogP contribution is -2.21. The number of anilines is 2. The topological polar surface area (TPSA) is 78.9 Å². The van der Waals surface area contributed by atoms with E-state index in [0.717, 1.165) is 43.6 Å². The standard InChI is InChI=1S/C26H32N2O4/c1-3-28-16-20(13-18-8-9-19(26(30)31)14-24(18)32-2)22-15-21(10-11-23(22)28)27-25(29)12-17-6-4-5-7-17/h8-11,14-15,17,20H,3-7,12-13,16H2,1-2H3,(H,27,29)(H,30,31). The molecule has 4 rings (SSSR count). The summed E-state index contributed by atoms with van der Waals surface area (Å²) < 4.78 is 5.49. The number of aromatic carboxylic acids is 1. The lowest BCUT2D eigenvalue weighted by atomic mass is 9.92. The summed E-state index contributed by atoms with van der Waals surface area (Å²) >= 11 is 0. The Morgan fingerprint density at radius 1 is 1.16 bits per heavy atom. The summed E-state index contributed by atoms with van der Waals surface area (Å²) in [7, 11) is 1.57. The predicted octanol–water partition coefficient (Wildman–Crippen LogP) is 5.08. The first-order chi connectivity index (χ1) is 15.5. The quantitative estimate of drug-likeness (QED) is 0.603. The highest BCUT2D eigenvalue weighted by Crippen LogP contribution is 2.41. The molecule has 0 spiro atoms. The van der Waals surface area contributed by atoms with Crippen molar-refractivity contribution in [2.75, 3.05) is 30.4 Å². The van der Waals surface area contributed by atoms with Crippen LogP contribution in [0.5, 0.6) is 5.75 Å². The number of likely N-dealkylation sites (N-methyl/N-ethyl adjacent to an activating group) is 1. The van der Waals surface area contributed by atoms with E-state index in [1.807, 2.05) is 12.1 Å². The summed E-state index contributed by atoms with van der Waals surface area (Å²) in [4.78, 5) is 26.2. The number of fused-ring (bicyclic) bond motifs is 1. The number of carbonyl (C=O) groups is 2. The van der Waals surface area contributed by atoms with Gasteiger partial charge in [0.2, 0.25) is 5.91 Å². The zero-order chi connectivity index (χ0) is 22.7. The molecule has 1 heterocycles. The molecule has 0 aromatic heterocycles. The van der Waals surface area contributed by atoms with E-state index >= 15 is 0 Å². The number of rotatable bonds is 8. The van der Waals surface area contributed by atoms with Crippen molar-refractivity contribution >= 4 is 23.3 Å². The molecule has 6 nitrogen and oxygen atoms in total. The fraction of sp³-hybridized carbons (Fsp3) is 0.462. The van der Waals surface area contributed by atoms with E-state index in [9.17, 15) is 14.7 Å². The Balaban J connectivity index is 1.54. The number of hydrogen-bond donors (Lipinski definition) is 2. The fourth-order valence-electron chi connectivity index (χ4n) is 5.18. The second-order valence-corrected chi connectivity index (χ2v) is 8.95. The first kappa shape index (κ1) is 22.2. The summed E-state index contributed by atoms with van der Waals surface area (Å²) in [5.41, 5.74) is 4.48. The van der Waals surface area contributed by atoms with Crippen molar-refractivity contribution in [3.05, 3.63) is 53.1 Å². The maximum absolute atomic E-state index is 12.5. The second-order valence-electron chi connectivity index (χ2n) is 8.95. The van der Waals surface area contributed by atoms with Crippen molar-refractivity contribution in [2.45, 2.75) is 51.4 Å². The van der Waals surface area contributed by atoms with Gasteiger partial charge in [0.05, 0.1) is 12.7 Å². The highest BCUT2D eigenvalue weighted by atomic mass is 16.5. The molecule has 6 heteroatoms. The van der Waals surface area contributed by atoms with E-state index in [0.29, 0.717) is 18.1 Å². The molecule has 2 aromatic rings. The highest BCUT2D eigenvalue weighted by molar-refractivity contribution is 5.91. The predicted molar refractivity (Wildman–Crippen MR) is 126 cm³/mol. The zero-order valence-electron chi connectivity index (χ0n) is 18.9. The maximum atomic E-state index is 12.5. The Labute approximate surface area is 189 Å². The van der Waals surface area contributed by atoms with Crippen molar-refractivity contribution < 1.29 is 19.4 Å². The largest absolute Gasteiger partial charge is 0.496 e. The van der Waals surface area contributed by atoms with E-state index in [4.69, 9.17) is 4.74 Å². The van der Waals surface area contributed by atoms with Gasteiger partial charge in [0, 0.05) is 36.8 Å². The van der Waals surface area contributed by atoms with Crippen LogP contribution in [0, 0.1) is 5.92 Å². The molecule has 1 atom stereocenters. The Morgan fingerprint density at radius 3 is 2.62 bits per heavy atom. The lowest BCUT2D eigenvalue weighted by molar-refractivity contribution is -0.117. The molecule has 2 N–H and O–H groups in total. The van der Waals surface area contributed by atoms with Gasteiger partial charge in [-0.2, -0.15) is 0 Å². The van der Waals surface area contributed by atoms with Crippen LogP contribution in [0.1, 0.15) is 66.4 Å². The van der Waals surface area contributed by atoms with Crippen LogP contribution < -0.4 is 15.0 Å². The third-order valence-corrected chi connectivity index (χ3v) is 6.86. The number of carboxylic acids is 1. The SMILES string of the molecule is CCN1CC(Cc2ccc(C(=O)O)cc2OC)c2cc(NC(=O)CC3CCCC3)ccc21. The summed E-state index contributed by atoms with van der Waals surface area (Å²) in [5, 5.41) is 12.4. The number of nitrogens with zero attached hydrogens (tertiary/aromatic N) is 1. The monoisotopic (exact) mass is 436 g/mol. The molecule has 1 aliphatic heterocycles. The molecule has 1 aliphatic carbocycles. The molecule has 170 valence electrons. The van der Waals surface area contributed by atoms with Gasteiger partial charge in [0.1, 0.15) is 5.75 Å². The van der Waals surface area contributed by atoms with Crippen LogP contribution in [-0.2, 0) is 11.2 Å². The lowest BCUT2D eigenvalue weighted by Gasteiger charge is -2.18. The van der Waals surface area contributed by atoms with E-state index in [-0.39, 0.29) is 17.4 Å². The van der Waals surface area contributed by atoms with Crippen molar-refractivity contribution in [1.29, 1.82) is 0 Å². The van der Waals surface area contributed by atoms with Gasteiger partial charge < -0.3 is 20.1 Å². The van der Waals surface area contributed by atoms with Crippen molar-refractivity contribution in [1.82, 2.24) is 0 Å².